The molecular formula is C16H12FN3. The number of aromatic amines is 1. The summed E-state index contributed by atoms with van der Waals surface area (Å²) in [6, 6.07) is 14.7. The average molecular weight is 265 g/mol. The van der Waals surface area contributed by atoms with Gasteiger partial charge < -0.3 is 5.32 Å². The first-order valence-corrected chi connectivity index (χ1v) is 6.49. The third kappa shape index (κ3) is 1.69. The molecule has 2 N–H and O–H groups in total. The second-order valence-corrected chi connectivity index (χ2v) is 4.90. The molecule has 1 heterocycles. The van der Waals surface area contributed by atoms with E-state index in [9.17, 15) is 4.39 Å². The van der Waals surface area contributed by atoms with Crippen LogP contribution in [0.1, 0.15) is 11.1 Å². The highest BCUT2D eigenvalue weighted by Gasteiger charge is 2.24. The van der Waals surface area contributed by atoms with Gasteiger partial charge in [-0.05, 0) is 23.8 Å². The van der Waals surface area contributed by atoms with Crippen LogP contribution in [-0.2, 0) is 6.42 Å². The maximum absolute atomic E-state index is 13.2. The predicted molar refractivity (Wildman–Crippen MR) is 76.5 cm³/mol. The number of benzene rings is 2. The number of rotatable bonds is 2. The van der Waals surface area contributed by atoms with Crippen molar-refractivity contribution in [2.24, 2.45) is 0 Å². The second kappa shape index (κ2) is 4.20. The number of nitrogens with zero attached hydrogens (tertiary/aromatic N) is 1. The molecular weight excluding hydrogens is 253 g/mol. The molecule has 0 saturated heterocycles. The molecule has 1 aliphatic rings. The summed E-state index contributed by atoms with van der Waals surface area (Å²) in [6.07, 6.45) is 0.847. The molecule has 0 spiro atoms. The highest BCUT2D eigenvalue weighted by atomic mass is 19.1. The fraction of sp³-hybridized carbons (Fsp3) is 0.0625. The number of H-pyrrole nitrogens is 1. The van der Waals surface area contributed by atoms with E-state index in [1.165, 1.54) is 23.3 Å². The van der Waals surface area contributed by atoms with Crippen LogP contribution in [0.25, 0.3) is 11.3 Å². The van der Waals surface area contributed by atoms with Crippen LogP contribution >= 0.6 is 0 Å². The van der Waals surface area contributed by atoms with Crippen molar-refractivity contribution < 1.29 is 4.39 Å². The maximum Gasteiger partial charge on any atom is 0.130 e. The highest BCUT2D eigenvalue weighted by molar-refractivity contribution is 5.79. The minimum Gasteiger partial charge on any atom is -0.340 e. The number of fused-ring (bicyclic) bond motifs is 3. The van der Waals surface area contributed by atoms with Gasteiger partial charge in [0.2, 0.25) is 0 Å². The Hall–Kier alpha value is -2.62. The molecule has 0 fully saturated rings. The van der Waals surface area contributed by atoms with E-state index < -0.39 is 0 Å². The van der Waals surface area contributed by atoms with Crippen molar-refractivity contribution in [3.8, 4) is 11.3 Å². The maximum atomic E-state index is 13.2. The van der Waals surface area contributed by atoms with Gasteiger partial charge in [-0.25, -0.2) is 4.39 Å². The molecule has 20 heavy (non-hydrogen) atoms. The minimum absolute atomic E-state index is 0.255. The number of aromatic nitrogens is 2. The SMILES string of the molecule is Fc1cccc(Nc2[nH]nc3c2Cc2ccccc2-3)c1. The summed E-state index contributed by atoms with van der Waals surface area (Å²) in [7, 11) is 0. The van der Waals surface area contributed by atoms with Crippen molar-refractivity contribution >= 4 is 11.5 Å². The van der Waals surface area contributed by atoms with Gasteiger partial charge in [0, 0.05) is 23.2 Å². The summed E-state index contributed by atoms with van der Waals surface area (Å²) in [5.74, 6) is 0.580. The van der Waals surface area contributed by atoms with E-state index in [2.05, 4.69) is 27.6 Å². The molecule has 4 heteroatoms. The van der Waals surface area contributed by atoms with Crippen molar-refractivity contribution in [3.63, 3.8) is 0 Å². The molecule has 0 atom stereocenters. The third-order valence-electron chi connectivity index (χ3n) is 3.60. The Bertz CT molecular complexity index is 792. The smallest absolute Gasteiger partial charge is 0.130 e. The van der Waals surface area contributed by atoms with Crippen molar-refractivity contribution in [1.29, 1.82) is 0 Å². The molecule has 0 saturated carbocycles. The Morgan fingerprint density at radius 1 is 1.10 bits per heavy atom. The van der Waals surface area contributed by atoms with Crippen molar-refractivity contribution in [2.75, 3.05) is 5.32 Å². The van der Waals surface area contributed by atoms with Gasteiger partial charge in [0.1, 0.15) is 11.6 Å². The molecule has 98 valence electrons. The molecule has 0 radical (unpaired) electrons. The van der Waals surface area contributed by atoms with Crippen LogP contribution < -0.4 is 5.32 Å². The monoisotopic (exact) mass is 265 g/mol. The summed E-state index contributed by atoms with van der Waals surface area (Å²) >= 11 is 0. The first-order chi connectivity index (χ1) is 9.81. The van der Waals surface area contributed by atoms with Crippen LogP contribution in [0.4, 0.5) is 15.9 Å². The van der Waals surface area contributed by atoms with E-state index in [1.54, 1.807) is 6.07 Å². The van der Waals surface area contributed by atoms with Crippen LogP contribution in [0.5, 0.6) is 0 Å². The molecule has 0 bridgehead atoms. The minimum atomic E-state index is -0.255. The zero-order valence-corrected chi connectivity index (χ0v) is 10.7. The molecule has 0 amide bonds. The lowest BCUT2D eigenvalue weighted by atomic mass is 10.1. The molecule has 1 aliphatic carbocycles. The number of hydrogen-bond donors (Lipinski definition) is 2. The zero-order chi connectivity index (χ0) is 13.5. The normalized spacial score (nSPS) is 12.1. The van der Waals surface area contributed by atoms with Crippen LogP contribution in [0.15, 0.2) is 48.5 Å². The van der Waals surface area contributed by atoms with Gasteiger partial charge in [-0.3, -0.25) is 5.10 Å². The van der Waals surface area contributed by atoms with Gasteiger partial charge in [-0.2, -0.15) is 5.10 Å². The third-order valence-corrected chi connectivity index (χ3v) is 3.60. The number of hydrogen-bond acceptors (Lipinski definition) is 2. The van der Waals surface area contributed by atoms with Crippen molar-refractivity contribution in [1.82, 2.24) is 10.2 Å². The molecule has 2 aromatic carbocycles. The fourth-order valence-electron chi connectivity index (χ4n) is 2.67. The Balaban J connectivity index is 1.71. The summed E-state index contributed by atoms with van der Waals surface area (Å²) in [4.78, 5) is 0. The van der Waals surface area contributed by atoms with Crippen LogP contribution in [0.3, 0.4) is 0 Å². The summed E-state index contributed by atoms with van der Waals surface area (Å²) in [5, 5.41) is 10.6. The van der Waals surface area contributed by atoms with E-state index in [4.69, 9.17) is 0 Å². The first-order valence-electron chi connectivity index (χ1n) is 6.49. The molecule has 3 nitrogen and oxygen atoms in total. The van der Waals surface area contributed by atoms with Gasteiger partial charge in [0.15, 0.2) is 0 Å². The molecule has 3 aromatic rings. The second-order valence-electron chi connectivity index (χ2n) is 4.90. The largest absolute Gasteiger partial charge is 0.340 e. The van der Waals surface area contributed by atoms with E-state index >= 15 is 0 Å². The van der Waals surface area contributed by atoms with E-state index in [0.29, 0.717) is 5.69 Å². The Morgan fingerprint density at radius 3 is 2.90 bits per heavy atom. The molecule has 1 aromatic heterocycles. The summed E-state index contributed by atoms with van der Waals surface area (Å²) in [5.41, 5.74) is 5.29. The number of halogens is 1. The Morgan fingerprint density at radius 2 is 2.00 bits per heavy atom. The molecule has 0 aliphatic heterocycles. The van der Waals surface area contributed by atoms with Gasteiger partial charge >= 0.3 is 0 Å². The van der Waals surface area contributed by atoms with Gasteiger partial charge in [0.05, 0.1) is 5.69 Å². The fourth-order valence-corrected chi connectivity index (χ4v) is 2.67. The van der Waals surface area contributed by atoms with Crippen LogP contribution in [0, 0.1) is 5.82 Å². The summed E-state index contributed by atoms with van der Waals surface area (Å²) in [6.45, 7) is 0. The Labute approximate surface area is 115 Å². The van der Waals surface area contributed by atoms with Crippen molar-refractivity contribution in [3.05, 3.63) is 65.5 Å². The standard InChI is InChI=1S/C16H12FN3/c17-11-5-3-6-12(9-11)18-16-14-8-10-4-1-2-7-13(10)15(14)19-20-16/h1-7,9H,8H2,(H2,18,19,20). The quantitative estimate of drug-likeness (QED) is 0.577. The first kappa shape index (κ1) is 11.2. The van der Waals surface area contributed by atoms with Gasteiger partial charge in [0.25, 0.3) is 0 Å². The molecule has 0 unspecified atom stereocenters. The van der Waals surface area contributed by atoms with Crippen LogP contribution in [-0.4, -0.2) is 10.2 Å². The highest BCUT2D eigenvalue weighted by Crippen LogP contribution is 2.39. The van der Waals surface area contributed by atoms with Gasteiger partial charge in [-0.15, -0.1) is 0 Å². The lowest BCUT2D eigenvalue weighted by Gasteiger charge is -2.05. The predicted octanol–water partition coefficient (Wildman–Crippen LogP) is 3.86. The van der Waals surface area contributed by atoms with E-state index in [0.717, 1.165) is 23.5 Å². The van der Waals surface area contributed by atoms with Crippen molar-refractivity contribution in [2.45, 2.75) is 6.42 Å². The van der Waals surface area contributed by atoms with E-state index in [1.807, 2.05) is 18.2 Å². The van der Waals surface area contributed by atoms with E-state index in [-0.39, 0.29) is 5.82 Å². The van der Waals surface area contributed by atoms with Gasteiger partial charge in [-0.1, -0.05) is 30.3 Å². The van der Waals surface area contributed by atoms with Crippen LogP contribution in [0.2, 0.25) is 0 Å². The lowest BCUT2D eigenvalue weighted by Crippen LogP contribution is -1.95. The number of nitrogens with one attached hydrogen (secondary N) is 2. The lowest BCUT2D eigenvalue weighted by molar-refractivity contribution is 0.628. The average Bonchev–Trinajstić information content (AvgIpc) is 2.99. The number of anilines is 2. The summed E-state index contributed by atoms with van der Waals surface area (Å²) < 4.78 is 13.2. The molecule has 4 rings (SSSR count). The topological polar surface area (TPSA) is 40.7 Å². The zero-order valence-electron chi connectivity index (χ0n) is 10.7. The Kier molecular flexibility index (Phi) is 2.36.